The summed E-state index contributed by atoms with van der Waals surface area (Å²) in [6.07, 6.45) is 1.18. The molecule has 0 bridgehead atoms. The largest absolute Gasteiger partial charge is 0.493 e. The van der Waals surface area contributed by atoms with Crippen molar-refractivity contribution < 1.29 is 28.8 Å². The lowest BCUT2D eigenvalue weighted by molar-refractivity contribution is -0.143. The Balaban J connectivity index is 1.69. The van der Waals surface area contributed by atoms with E-state index in [1.165, 1.54) is 0 Å². The summed E-state index contributed by atoms with van der Waals surface area (Å²) in [6, 6.07) is 21.6. The molecule has 0 aliphatic carbocycles. The number of carbonyl (C=O) groups is 1. The van der Waals surface area contributed by atoms with Gasteiger partial charge in [-0.05, 0) is 55.3 Å². The second kappa shape index (κ2) is 11.8. The molecule has 1 saturated heterocycles. The van der Waals surface area contributed by atoms with Gasteiger partial charge in [-0.25, -0.2) is 0 Å². The van der Waals surface area contributed by atoms with Gasteiger partial charge >= 0.3 is 5.97 Å². The van der Waals surface area contributed by atoms with Crippen LogP contribution in [0.5, 0.6) is 23.0 Å². The van der Waals surface area contributed by atoms with Gasteiger partial charge in [0.25, 0.3) is 0 Å². The average Bonchev–Trinajstić information content (AvgIpc) is 2.93. The number of rotatable bonds is 10. The minimum absolute atomic E-state index is 0.179. The highest BCUT2D eigenvalue weighted by Crippen LogP contribution is 2.43. The Morgan fingerprint density at radius 2 is 1.61 bits per heavy atom. The van der Waals surface area contributed by atoms with Crippen LogP contribution in [-0.4, -0.2) is 50.4 Å². The van der Waals surface area contributed by atoms with Crippen molar-refractivity contribution in [3.63, 3.8) is 0 Å². The fourth-order valence-electron chi connectivity index (χ4n) is 4.83. The number of nitrogens with zero attached hydrogens (tertiary/aromatic N) is 1. The molecule has 7 nitrogen and oxygen atoms in total. The van der Waals surface area contributed by atoms with Crippen molar-refractivity contribution in [2.45, 2.75) is 25.5 Å². The topological polar surface area (TPSA) is 77.5 Å². The van der Waals surface area contributed by atoms with Crippen molar-refractivity contribution in [1.29, 1.82) is 0 Å². The Morgan fingerprint density at radius 1 is 0.889 bits per heavy atom. The molecule has 1 N–H and O–H groups in total. The maximum atomic E-state index is 11.6. The van der Waals surface area contributed by atoms with E-state index in [0.29, 0.717) is 55.5 Å². The molecule has 1 atom stereocenters. The normalized spacial score (nSPS) is 15.2. The smallest absolute Gasteiger partial charge is 0.306 e. The van der Waals surface area contributed by atoms with Gasteiger partial charge in [-0.15, -0.1) is 0 Å². The molecule has 1 aliphatic rings. The quantitative estimate of drug-likeness (QED) is 0.419. The summed E-state index contributed by atoms with van der Waals surface area (Å²) in [5.41, 5.74) is 3.02. The van der Waals surface area contributed by atoms with Crippen LogP contribution >= 0.6 is 0 Å². The number of carboxylic acids is 1. The number of para-hydroxylation sites is 1. The zero-order valence-corrected chi connectivity index (χ0v) is 21.0. The van der Waals surface area contributed by atoms with E-state index in [2.05, 4.69) is 4.90 Å². The average molecular weight is 492 g/mol. The number of methoxy groups -OCH3 is 3. The highest BCUT2D eigenvalue weighted by molar-refractivity contribution is 5.70. The monoisotopic (exact) mass is 491 g/mol. The minimum atomic E-state index is -0.730. The summed E-state index contributed by atoms with van der Waals surface area (Å²) in [5, 5.41) is 9.49. The predicted octanol–water partition coefficient (Wildman–Crippen LogP) is 5.18. The summed E-state index contributed by atoms with van der Waals surface area (Å²) >= 11 is 0. The number of ether oxygens (including phenoxy) is 4. The molecule has 1 fully saturated rings. The van der Waals surface area contributed by atoms with E-state index in [1.54, 1.807) is 21.3 Å². The van der Waals surface area contributed by atoms with Crippen LogP contribution in [0, 0.1) is 5.92 Å². The van der Waals surface area contributed by atoms with Gasteiger partial charge in [-0.1, -0.05) is 48.5 Å². The van der Waals surface area contributed by atoms with Gasteiger partial charge in [0.05, 0.1) is 33.3 Å². The number of benzene rings is 3. The summed E-state index contributed by atoms with van der Waals surface area (Å²) in [7, 11) is 4.89. The molecule has 190 valence electrons. The van der Waals surface area contributed by atoms with Crippen LogP contribution in [0.2, 0.25) is 0 Å². The van der Waals surface area contributed by atoms with E-state index in [-0.39, 0.29) is 12.0 Å². The fourth-order valence-corrected chi connectivity index (χ4v) is 4.83. The number of likely N-dealkylation sites (tertiary alicyclic amines) is 1. The minimum Gasteiger partial charge on any atom is -0.493 e. The number of hydrogen-bond donors (Lipinski definition) is 1. The van der Waals surface area contributed by atoms with Crippen LogP contribution in [0.15, 0.2) is 66.7 Å². The van der Waals surface area contributed by atoms with Crippen LogP contribution in [0.1, 0.15) is 35.6 Å². The summed E-state index contributed by atoms with van der Waals surface area (Å²) in [4.78, 5) is 13.9. The molecule has 1 unspecified atom stereocenters. The molecule has 4 rings (SSSR count). The second-order valence-electron chi connectivity index (χ2n) is 8.82. The Kier molecular flexibility index (Phi) is 8.33. The first-order chi connectivity index (χ1) is 17.5. The maximum Gasteiger partial charge on any atom is 0.306 e. The SMILES string of the molecule is COc1cc(C(c2cccc(OC)c2OC)N2CCC(C(=O)O)CC2)ccc1OCc1ccccc1. The number of piperidine rings is 1. The van der Waals surface area contributed by atoms with E-state index in [9.17, 15) is 9.90 Å². The zero-order chi connectivity index (χ0) is 25.5. The molecular weight excluding hydrogens is 458 g/mol. The Labute approximate surface area is 212 Å². The summed E-state index contributed by atoms with van der Waals surface area (Å²) in [5.74, 6) is 1.55. The molecule has 3 aromatic rings. The van der Waals surface area contributed by atoms with Crippen molar-refractivity contribution in [2.24, 2.45) is 5.92 Å². The van der Waals surface area contributed by atoms with Crippen molar-refractivity contribution in [3.05, 3.63) is 83.4 Å². The highest BCUT2D eigenvalue weighted by Gasteiger charge is 2.32. The number of aliphatic carboxylic acids is 1. The van der Waals surface area contributed by atoms with Gasteiger partial charge in [0, 0.05) is 5.56 Å². The summed E-state index contributed by atoms with van der Waals surface area (Å²) < 4.78 is 23.2. The molecule has 0 aromatic heterocycles. The van der Waals surface area contributed by atoms with Crippen molar-refractivity contribution in [3.8, 4) is 23.0 Å². The van der Waals surface area contributed by atoms with Crippen molar-refractivity contribution >= 4 is 5.97 Å². The van der Waals surface area contributed by atoms with Gasteiger partial charge in [0.2, 0.25) is 0 Å². The van der Waals surface area contributed by atoms with Crippen LogP contribution in [-0.2, 0) is 11.4 Å². The maximum absolute atomic E-state index is 11.6. The Hall–Kier alpha value is -3.71. The lowest BCUT2D eigenvalue weighted by Gasteiger charge is -2.37. The molecule has 0 amide bonds. The second-order valence-corrected chi connectivity index (χ2v) is 8.82. The molecule has 0 saturated carbocycles. The van der Waals surface area contributed by atoms with Crippen molar-refractivity contribution in [1.82, 2.24) is 4.90 Å². The molecule has 0 radical (unpaired) electrons. The van der Waals surface area contributed by atoms with E-state index in [1.807, 2.05) is 66.7 Å². The van der Waals surface area contributed by atoms with E-state index >= 15 is 0 Å². The third kappa shape index (κ3) is 5.57. The van der Waals surface area contributed by atoms with E-state index in [0.717, 1.165) is 16.7 Å². The molecule has 3 aromatic carbocycles. The van der Waals surface area contributed by atoms with Crippen molar-refractivity contribution in [2.75, 3.05) is 34.4 Å². The van der Waals surface area contributed by atoms with Crippen LogP contribution < -0.4 is 18.9 Å². The predicted molar refractivity (Wildman–Crippen MR) is 137 cm³/mol. The summed E-state index contributed by atoms with van der Waals surface area (Å²) in [6.45, 7) is 1.74. The lowest BCUT2D eigenvalue weighted by Crippen LogP contribution is -2.39. The first-order valence-electron chi connectivity index (χ1n) is 12.1. The molecule has 7 heteroatoms. The Morgan fingerprint density at radius 3 is 2.25 bits per heavy atom. The van der Waals surface area contributed by atoms with E-state index in [4.69, 9.17) is 18.9 Å². The van der Waals surface area contributed by atoms with Gasteiger partial charge in [-0.3, -0.25) is 9.69 Å². The van der Waals surface area contributed by atoms with Gasteiger partial charge in [0.1, 0.15) is 6.61 Å². The molecule has 36 heavy (non-hydrogen) atoms. The Bertz CT molecular complexity index is 1160. The number of hydrogen-bond acceptors (Lipinski definition) is 6. The van der Waals surface area contributed by atoms with Crippen LogP contribution in [0.4, 0.5) is 0 Å². The first kappa shape index (κ1) is 25.4. The van der Waals surface area contributed by atoms with Gasteiger partial charge in [0.15, 0.2) is 23.0 Å². The van der Waals surface area contributed by atoms with Gasteiger partial charge < -0.3 is 24.1 Å². The molecule has 1 heterocycles. The standard InChI is InChI=1S/C29H33NO6/c1-33-25-11-7-10-23(28(25)35-3)27(30-16-14-21(15-17-30)29(31)32)22-12-13-24(26(18-22)34-2)36-19-20-8-5-4-6-9-20/h4-13,18,21,27H,14-17,19H2,1-3H3,(H,31,32). The van der Waals surface area contributed by atoms with E-state index < -0.39 is 5.97 Å². The fraction of sp³-hybridized carbons (Fsp3) is 0.345. The third-order valence-electron chi connectivity index (χ3n) is 6.71. The van der Waals surface area contributed by atoms with Crippen LogP contribution in [0.25, 0.3) is 0 Å². The number of carboxylic acid groups (broad SMARTS) is 1. The molecular formula is C29H33NO6. The third-order valence-corrected chi connectivity index (χ3v) is 6.71. The van der Waals surface area contributed by atoms with Crippen LogP contribution in [0.3, 0.4) is 0 Å². The van der Waals surface area contributed by atoms with Gasteiger partial charge in [-0.2, -0.15) is 0 Å². The molecule has 0 spiro atoms. The highest BCUT2D eigenvalue weighted by atomic mass is 16.5. The first-order valence-corrected chi connectivity index (χ1v) is 12.1. The molecule has 1 aliphatic heterocycles. The zero-order valence-electron chi connectivity index (χ0n) is 21.0. The lowest BCUT2D eigenvalue weighted by atomic mass is 9.90.